The van der Waals surface area contributed by atoms with Gasteiger partial charge in [0.15, 0.2) is 0 Å². The van der Waals surface area contributed by atoms with E-state index in [9.17, 15) is 0 Å². The van der Waals surface area contributed by atoms with Gasteiger partial charge in [0.2, 0.25) is 0 Å². The van der Waals surface area contributed by atoms with E-state index in [0.717, 1.165) is 5.56 Å². The summed E-state index contributed by atoms with van der Waals surface area (Å²) < 4.78 is 0. The molecule has 1 rings (SSSR count). The fraction of sp³-hybridized carbons (Fsp3) is 0.333. The molecule has 1 nitrogen and oxygen atoms in total. The van der Waals surface area contributed by atoms with Gasteiger partial charge in [-0.25, -0.2) is 0 Å². The van der Waals surface area contributed by atoms with E-state index in [0.29, 0.717) is 0 Å². The average Bonchev–Trinajstić information content (AvgIpc) is 1.88. The highest BCUT2D eigenvalue weighted by Gasteiger charge is 1.96. The van der Waals surface area contributed by atoms with Crippen LogP contribution in [0.4, 0.5) is 0 Å². The second kappa shape index (κ2) is 2.84. The molecule has 1 atom stereocenters. The summed E-state index contributed by atoms with van der Waals surface area (Å²) in [5.41, 5.74) is 9.73. The van der Waals surface area contributed by atoms with Crippen LogP contribution >= 0.6 is 0 Å². The van der Waals surface area contributed by atoms with Crippen LogP contribution in [0.5, 0.6) is 0 Å². The first-order valence-electron chi connectivity index (χ1n) is 3.48. The zero-order valence-corrected chi connectivity index (χ0v) is 6.39. The van der Waals surface area contributed by atoms with Crippen LogP contribution in [0.3, 0.4) is 0 Å². The van der Waals surface area contributed by atoms with Crippen molar-refractivity contribution in [1.82, 2.24) is 5.73 Å². The third kappa shape index (κ3) is 1.58. The molecule has 10 heavy (non-hydrogen) atoms. The van der Waals surface area contributed by atoms with Gasteiger partial charge < -0.3 is 0 Å². The summed E-state index contributed by atoms with van der Waals surface area (Å²) >= 11 is 0. The second-order valence-corrected chi connectivity index (χ2v) is 2.63. The standard InChI is InChI=1S/C9H12N/c1-7-3-5-9(6-4-7)8(2)10/h3-6,8,10H,1-2H3. The monoisotopic (exact) mass is 134 g/mol. The minimum absolute atomic E-state index is 0.0967. The van der Waals surface area contributed by atoms with E-state index >= 15 is 0 Å². The molecule has 53 valence electrons. The Balaban J connectivity index is 2.89. The molecule has 0 amide bonds. The Kier molecular flexibility index (Phi) is 2.07. The normalized spacial score (nSPS) is 13.1. The van der Waals surface area contributed by atoms with Crippen molar-refractivity contribution >= 4 is 0 Å². The number of aryl methyl sites for hydroxylation is 1. The maximum Gasteiger partial charge on any atom is 0.0434 e. The van der Waals surface area contributed by atoms with E-state index in [4.69, 9.17) is 5.73 Å². The van der Waals surface area contributed by atoms with Gasteiger partial charge in [-0.05, 0) is 19.4 Å². The van der Waals surface area contributed by atoms with Crippen molar-refractivity contribution in [2.45, 2.75) is 19.9 Å². The average molecular weight is 134 g/mol. The van der Waals surface area contributed by atoms with E-state index in [1.807, 2.05) is 31.2 Å². The van der Waals surface area contributed by atoms with E-state index in [1.54, 1.807) is 0 Å². The summed E-state index contributed by atoms with van der Waals surface area (Å²) in [5, 5.41) is 0. The molecular weight excluding hydrogens is 122 g/mol. The molecule has 1 N–H and O–H groups in total. The van der Waals surface area contributed by atoms with Crippen LogP contribution < -0.4 is 5.73 Å². The van der Waals surface area contributed by atoms with Crippen LogP contribution in [0.2, 0.25) is 0 Å². The Morgan fingerprint density at radius 2 is 1.70 bits per heavy atom. The van der Waals surface area contributed by atoms with Crippen molar-refractivity contribution in [3.8, 4) is 0 Å². The second-order valence-electron chi connectivity index (χ2n) is 2.63. The molecule has 0 aromatic heterocycles. The third-order valence-electron chi connectivity index (χ3n) is 1.58. The first-order chi connectivity index (χ1) is 4.70. The topological polar surface area (TPSA) is 23.8 Å². The number of benzene rings is 1. The molecule has 0 bridgehead atoms. The van der Waals surface area contributed by atoms with Crippen LogP contribution in [-0.2, 0) is 0 Å². The third-order valence-corrected chi connectivity index (χ3v) is 1.58. The van der Waals surface area contributed by atoms with E-state index in [-0.39, 0.29) is 6.04 Å². The van der Waals surface area contributed by atoms with Crippen molar-refractivity contribution in [2.75, 3.05) is 0 Å². The molecule has 0 spiro atoms. The summed E-state index contributed by atoms with van der Waals surface area (Å²) in [4.78, 5) is 0. The highest BCUT2D eigenvalue weighted by molar-refractivity contribution is 5.23. The molecule has 1 radical (unpaired) electrons. The van der Waals surface area contributed by atoms with E-state index in [1.165, 1.54) is 5.56 Å². The molecule has 0 aliphatic heterocycles. The number of hydrogen-bond donors (Lipinski definition) is 0. The Labute approximate surface area is 61.9 Å². The van der Waals surface area contributed by atoms with Gasteiger partial charge in [-0.1, -0.05) is 29.8 Å². The van der Waals surface area contributed by atoms with Gasteiger partial charge in [0, 0.05) is 6.04 Å². The molecular formula is C9H12N. The Hall–Kier alpha value is -0.820. The first kappa shape index (κ1) is 7.29. The quantitative estimate of drug-likeness (QED) is 0.563. The predicted octanol–water partition coefficient (Wildman–Crippen LogP) is 2.34. The summed E-state index contributed by atoms with van der Waals surface area (Å²) in [6, 6.07) is 8.00. The molecule has 1 aromatic carbocycles. The molecule has 0 aliphatic carbocycles. The van der Waals surface area contributed by atoms with E-state index in [2.05, 4.69) is 6.92 Å². The van der Waals surface area contributed by atoms with Crippen LogP contribution in [0.1, 0.15) is 24.1 Å². The van der Waals surface area contributed by atoms with E-state index < -0.39 is 0 Å². The van der Waals surface area contributed by atoms with Crippen molar-refractivity contribution < 1.29 is 0 Å². The van der Waals surface area contributed by atoms with Crippen molar-refractivity contribution in [1.29, 1.82) is 0 Å². The van der Waals surface area contributed by atoms with Gasteiger partial charge in [-0.2, -0.15) is 0 Å². The van der Waals surface area contributed by atoms with Gasteiger partial charge in [-0.3, -0.25) is 5.73 Å². The highest BCUT2D eigenvalue weighted by Crippen LogP contribution is 2.10. The summed E-state index contributed by atoms with van der Waals surface area (Å²) in [5.74, 6) is 0. The maximum absolute atomic E-state index is 7.39. The Morgan fingerprint density at radius 1 is 1.20 bits per heavy atom. The summed E-state index contributed by atoms with van der Waals surface area (Å²) in [6.07, 6.45) is 0. The smallest absolute Gasteiger partial charge is 0.0434 e. The van der Waals surface area contributed by atoms with Gasteiger partial charge in [-0.15, -0.1) is 0 Å². The Bertz CT molecular complexity index is 198. The van der Waals surface area contributed by atoms with Gasteiger partial charge in [0.05, 0.1) is 0 Å². The van der Waals surface area contributed by atoms with Crippen molar-refractivity contribution in [2.24, 2.45) is 0 Å². The Morgan fingerprint density at radius 3 is 2.10 bits per heavy atom. The fourth-order valence-corrected chi connectivity index (χ4v) is 0.855. The van der Waals surface area contributed by atoms with Gasteiger partial charge in [0.25, 0.3) is 0 Å². The van der Waals surface area contributed by atoms with Crippen LogP contribution in [0.25, 0.3) is 0 Å². The highest BCUT2D eigenvalue weighted by atomic mass is 14.6. The molecule has 1 heteroatoms. The summed E-state index contributed by atoms with van der Waals surface area (Å²) in [6.45, 7) is 3.93. The lowest BCUT2D eigenvalue weighted by atomic mass is 10.1. The predicted molar refractivity (Wildman–Crippen MR) is 42.7 cm³/mol. The number of hydrogen-bond acceptors (Lipinski definition) is 0. The van der Waals surface area contributed by atoms with Crippen LogP contribution in [0.15, 0.2) is 24.3 Å². The van der Waals surface area contributed by atoms with Crippen molar-refractivity contribution in [3.05, 3.63) is 35.4 Å². The number of nitrogens with one attached hydrogen (secondary N) is 1. The minimum Gasteiger partial charge on any atom is -0.250 e. The SMILES string of the molecule is Cc1ccc(C(C)[NH])cc1. The first-order valence-corrected chi connectivity index (χ1v) is 3.48. The molecule has 0 fully saturated rings. The molecule has 1 aromatic rings. The van der Waals surface area contributed by atoms with Gasteiger partial charge >= 0.3 is 0 Å². The molecule has 0 saturated carbocycles. The minimum atomic E-state index is -0.0967. The molecule has 0 saturated heterocycles. The maximum atomic E-state index is 7.39. The molecule has 0 heterocycles. The summed E-state index contributed by atoms with van der Waals surface area (Å²) in [7, 11) is 0. The lowest BCUT2D eigenvalue weighted by Gasteiger charge is -2.02. The molecule has 0 aliphatic rings. The van der Waals surface area contributed by atoms with Gasteiger partial charge in [0.1, 0.15) is 0 Å². The zero-order chi connectivity index (χ0) is 7.56. The lowest BCUT2D eigenvalue weighted by Crippen LogP contribution is -1.91. The largest absolute Gasteiger partial charge is 0.250 e. The molecule has 1 unspecified atom stereocenters. The fourth-order valence-electron chi connectivity index (χ4n) is 0.855. The lowest BCUT2D eigenvalue weighted by molar-refractivity contribution is 0.787. The van der Waals surface area contributed by atoms with Crippen molar-refractivity contribution in [3.63, 3.8) is 0 Å². The van der Waals surface area contributed by atoms with Crippen LogP contribution in [-0.4, -0.2) is 0 Å². The van der Waals surface area contributed by atoms with Crippen LogP contribution in [0, 0.1) is 6.92 Å². The number of rotatable bonds is 1. The zero-order valence-electron chi connectivity index (χ0n) is 6.39.